The summed E-state index contributed by atoms with van der Waals surface area (Å²) in [4.78, 5) is 26.3. The van der Waals surface area contributed by atoms with Gasteiger partial charge < -0.3 is 19.7 Å². The highest BCUT2D eigenvalue weighted by Crippen LogP contribution is 2.36. The molecule has 1 saturated heterocycles. The van der Waals surface area contributed by atoms with Crippen molar-refractivity contribution in [2.45, 2.75) is 38.9 Å². The van der Waals surface area contributed by atoms with E-state index in [-0.39, 0.29) is 11.8 Å². The number of carbonyl (C=O) groups excluding carboxylic acids is 2. The molecule has 128 valence electrons. The molecule has 1 fully saturated rings. The molecule has 24 heavy (non-hydrogen) atoms. The predicted molar refractivity (Wildman–Crippen MR) is 91.3 cm³/mol. The molecule has 6 heteroatoms. The highest BCUT2D eigenvalue weighted by molar-refractivity contribution is 6.01. The lowest BCUT2D eigenvalue weighted by molar-refractivity contribution is -0.125. The van der Waals surface area contributed by atoms with E-state index in [1.807, 2.05) is 6.92 Å². The average Bonchev–Trinajstić information content (AvgIpc) is 3.06. The molecule has 2 heterocycles. The van der Waals surface area contributed by atoms with Gasteiger partial charge in [-0.15, -0.1) is 0 Å². The molecule has 0 aliphatic carbocycles. The number of hydrogen-bond acceptors (Lipinski definition) is 4. The summed E-state index contributed by atoms with van der Waals surface area (Å²) >= 11 is 0. The Bertz CT molecular complexity index is 680. The van der Waals surface area contributed by atoms with Gasteiger partial charge >= 0.3 is 0 Å². The maximum absolute atomic E-state index is 12.4. The predicted octanol–water partition coefficient (Wildman–Crippen LogP) is 2.49. The number of benzene rings is 1. The minimum Gasteiger partial charge on any atom is -0.479 e. The minimum absolute atomic E-state index is 0.117. The van der Waals surface area contributed by atoms with Gasteiger partial charge in [-0.25, -0.2) is 0 Å². The summed E-state index contributed by atoms with van der Waals surface area (Å²) in [6.07, 6.45) is 0.696. The summed E-state index contributed by atoms with van der Waals surface area (Å²) in [6, 6.07) is 5.30. The molecular formula is C18H22N2O4. The number of ether oxygens (including phenoxy) is 2. The largest absolute Gasteiger partial charge is 0.479 e. The van der Waals surface area contributed by atoms with Crippen LogP contribution in [0.3, 0.4) is 0 Å². The quantitative estimate of drug-likeness (QED) is 0.861. The number of carbonyl (C=O) groups is 2. The summed E-state index contributed by atoms with van der Waals surface area (Å²) in [5, 5.41) is 2.85. The average molecular weight is 330 g/mol. The Kier molecular flexibility index (Phi) is 4.57. The molecule has 2 aliphatic rings. The zero-order valence-electron chi connectivity index (χ0n) is 14.0. The monoisotopic (exact) mass is 330 g/mol. The summed E-state index contributed by atoms with van der Waals surface area (Å²) in [7, 11) is 0. The third kappa shape index (κ3) is 3.28. The molecular weight excluding hydrogens is 308 g/mol. The van der Waals surface area contributed by atoms with Gasteiger partial charge in [0.15, 0.2) is 6.10 Å². The van der Waals surface area contributed by atoms with Gasteiger partial charge in [0, 0.05) is 18.8 Å². The fourth-order valence-corrected chi connectivity index (χ4v) is 2.92. The van der Waals surface area contributed by atoms with Crippen molar-refractivity contribution in [3.05, 3.63) is 30.4 Å². The van der Waals surface area contributed by atoms with Crippen molar-refractivity contribution in [1.82, 2.24) is 0 Å². The second-order valence-corrected chi connectivity index (χ2v) is 6.31. The van der Waals surface area contributed by atoms with Crippen molar-refractivity contribution < 1.29 is 19.1 Å². The van der Waals surface area contributed by atoms with Gasteiger partial charge in [0.2, 0.25) is 0 Å². The van der Waals surface area contributed by atoms with E-state index < -0.39 is 12.2 Å². The zero-order valence-corrected chi connectivity index (χ0v) is 14.0. The first kappa shape index (κ1) is 16.5. The van der Waals surface area contributed by atoms with Crippen LogP contribution in [0.5, 0.6) is 5.75 Å². The molecule has 6 nitrogen and oxygen atoms in total. The SMILES string of the molecule is C=C(C)CN1C(=O)C(C)Oc2ccc(NC(=O)C3CCCO3)cc21. The molecule has 0 saturated carbocycles. The lowest BCUT2D eigenvalue weighted by Gasteiger charge is -2.33. The Morgan fingerprint density at radius 2 is 2.25 bits per heavy atom. The molecule has 2 unspecified atom stereocenters. The number of amides is 2. The first-order chi connectivity index (χ1) is 11.5. The van der Waals surface area contributed by atoms with Crippen LogP contribution in [0.25, 0.3) is 0 Å². The normalized spacial score (nSPS) is 22.8. The lowest BCUT2D eigenvalue weighted by atomic mass is 10.1. The number of nitrogens with zero attached hydrogens (tertiary/aromatic N) is 1. The van der Waals surface area contributed by atoms with Crippen molar-refractivity contribution in [1.29, 1.82) is 0 Å². The molecule has 2 aliphatic heterocycles. The first-order valence-electron chi connectivity index (χ1n) is 8.14. The van der Waals surface area contributed by atoms with E-state index in [1.165, 1.54) is 0 Å². The lowest BCUT2D eigenvalue weighted by Crippen LogP contribution is -2.45. The van der Waals surface area contributed by atoms with E-state index >= 15 is 0 Å². The third-order valence-corrected chi connectivity index (χ3v) is 4.08. The van der Waals surface area contributed by atoms with Crippen molar-refractivity contribution in [3.8, 4) is 5.75 Å². The Morgan fingerprint density at radius 1 is 1.46 bits per heavy atom. The molecule has 0 bridgehead atoms. The fourth-order valence-electron chi connectivity index (χ4n) is 2.92. The molecule has 2 amide bonds. The summed E-state index contributed by atoms with van der Waals surface area (Å²) in [6.45, 7) is 8.52. The maximum Gasteiger partial charge on any atom is 0.268 e. The van der Waals surface area contributed by atoms with E-state index in [9.17, 15) is 9.59 Å². The summed E-state index contributed by atoms with van der Waals surface area (Å²) < 4.78 is 11.0. The van der Waals surface area contributed by atoms with Crippen LogP contribution in [0.15, 0.2) is 30.4 Å². The molecule has 0 spiro atoms. The van der Waals surface area contributed by atoms with E-state index in [0.29, 0.717) is 30.3 Å². The van der Waals surface area contributed by atoms with Gasteiger partial charge in [-0.2, -0.15) is 0 Å². The van der Waals surface area contributed by atoms with Crippen molar-refractivity contribution in [2.75, 3.05) is 23.4 Å². The van der Waals surface area contributed by atoms with E-state index in [2.05, 4.69) is 11.9 Å². The number of hydrogen-bond donors (Lipinski definition) is 1. The van der Waals surface area contributed by atoms with E-state index in [0.717, 1.165) is 18.4 Å². The Hall–Kier alpha value is -2.34. The second-order valence-electron chi connectivity index (χ2n) is 6.31. The molecule has 1 aromatic rings. The first-order valence-corrected chi connectivity index (χ1v) is 8.14. The van der Waals surface area contributed by atoms with E-state index in [1.54, 1.807) is 30.0 Å². The molecule has 0 aromatic heterocycles. The zero-order chi connectivity index (χ0) is 17.3. The van der Waals surface area contributed by atoms with Crippen molar-refractivity contribution in [2.24, 2.45) is 0 Å². The molecule has 1 N–H and O–H groups in total. The van der Waals surface area contributed by atoms with Crippen LogP contribution in [0.1, 0.15) is 26.7 Å². The summed E-state index contributed by atoms with van der Waals surface area (Å²) in [5.74, 6) is 0.349. The van der Waals surface area contributed by atoms with Crippen molar-refractivity contribution >= 4 is 23.2 Å². The minimum atomic E-state index is -0.538. The van der Waals surface area contributed by atoms with Crippen LogP contribution >= 0.6 is 0 Å². The van der Waals surface area contributed by atoms with Crippen LogP contribution < -0.4 is 15.0 Å². The molecule has 1 aromatic carbocycles. The Morgan fingerprint density at radius 3 is 2.92 bits per heavy atom. The van der Waals surface area contributed by atoms with Crippen LogP contribution in [0.4, 0.5) is 11.4 Å². The van der Waals surface area contributed by atoms with Gasteiger partial charge in [-0.05, 0) is 44.9 Å². The number of rotatable bonds is 4. The van der Waals surface area contributed by atoms with Crippen molar-refractivity contribution in [3.63, 3.8) is 0 Å². The standard InChI is InChI=1S/C18H22N2O4/c1-11(2)10-20-14-9-13(19-17(21)16-5-4-8-23-16)6-7-15(14)24-12(3)18(20)22/h6-7,9,12,16H,1,4-5,8,10H2,2-3H3,(H,19,21). The second kappa shape index (κ2) is 6.65. The van der Waals surface area contributed by atoms with Crippen LogP contribution in [0, 0.1) is 0 Å². The summed E-state index contributed by atoms with van der Waals surface area (Å²) in [5.41, 5.74) is 2.13. The molecule has 3 rings (SSSR count). The number of anilines is 2. The molecule has 2 atom stereocenters. The van der Waals surface area contributed by atoms with Gasteiger partial charge in [-0.1, -0.05) is 12.2 Å². The van der Waals surface area contributed by atoms with Crippen LogP contribution in [0.2, 0.25) is 0 Å². The Balaban J connectivity index is 1.84. The highest BCUT2D eigenvalue weighted by atomic mass is 16.5. The van der Waals surface area contributed by atoms with Gasteiger partial charge in [0.05, 0.1) is 5.69 Å². The molecule has 0 radical (unpaired) electrons. The van der Waals surface area contributed by atoms with E-state index in [4.69, 9.17) is 9.47 Å². The van der Waals surface area contributed by atoms with Gasteiger partial charge in [-0.3, -0.25) is 9.59 Å². The van der Waals surface area contributed by atoms with Crippen LogP contribution in [-0.2, 0) is 14.3 Å². The third-order valence-electron chi connectivity index (χ3n) is 4.08. The highest BCUT2D eigenvalue weighted by Gasteiger charge is 2.32. The van der Waals surface area contributed by atoms with Gasteiger partial charge in [0.1, 0.15) is 11.9 Å². The smallest absolute Gasteiger partial charge is 0.268 e. The van der Waals surface area contributed by atoms with Gasteiger partial charge in [0.25, 0.3) is 11.8 Å². The number of nitrogens with one attached hydrogen (secondary N) is 1. The maximum atomic E-state index is 12.4. The topological polar surface area (TPSA) is 67.9 Å². The fraction of sp³-hybridized carbons (Fsp3) is 0.444. The van der Waals surface area contributed by atoms with Crippen LogP contribution in [-0.4, -0.2) is 37.2 Å². The number of fused-ring (bicyclic) bond motifs is 1. The Labute approximate surface area is 141 Å².